The number of thiophene rings is 3. The third kappa shape index (κ3) is 4.74. The zero-order chi connectivity index (χ0) is 34.2. The smallest absolute Gasteiger partial charge is 0.238 e. The normalized spacial score (nSPS) is 11.8. The highest BCUT2D eigenvalue weighted by Gasteiger charge is 2.23. The summed E-state index contributed by atoms with van der Waals surface area (Å²) in [6, 6.07) is 56.0. The second kappa shape index (κ2) is 11.8. The lowest BCUT2D eigenvalue weighted by atomic mass is 10.1. The Morgan fingerprint density at radius 2 is 0.846 bits per heavy atom. The largest absolute Gasteiger partial charge is 0.278 e. The fraction of sp³-hybridized carbons (Fsp3) is 0. The first-order chi connectivity index (χ1) is 25.7. The maximum Gasteiger partial charge on any atom is 0.238 e. The molecular weight excluding hydrogens is 693 g/mol. The third-order valence-corrected chi connectivity index (χ3v) is 13.2. The Kier molecular flexibility index (Phi) is 6.73. The molecular formula is C45H26N4S3. The average Bonchev–Trinajstić information content (AvgIpc) is 3.89. The number of fused-ring (bicyclic) bond motifs is 9. The number of para-hydroxylation sites is 1. The molecule has 4 heterocycles. The van der Waals surface area contributed by atoms with Crippen molar-refractivity contribution in [1.82, 2.24) is 15.0 Å². The van der Waals surface area contributed by atoms with Crippen molar-refractivity contribution in [3.05, 3.63) is 158 Å². The van der Waals surface area contributed by atoms with E-state index in [1.165, 1.54) is 60.5 Å². The second-order valence-electron chi connectivity index (χ2n) is 12.8. The van der Waals surface area contributed by atoms with Crippen molar-refractivity contribution in [2.24, 2.45) is 0 Å². The Morgan fingerprint density at radius 3 is 1.46 bits per heavy atom. The van der Waals surface area contributed by atoms with Gasteiger partial charge in [-0.2, -0.15) is 9.97 Å². The predicted molar refractivity (Wildman–Crippen MR) is 224 cm³/mol. The highest BCUT2D eigenvalue weighted by molar-refractivity contribution is 7.26. The van der Waals surface area contributed by atoms with Crippen LogP contribution in [0.3, 0.4) is 0 Å². The van der Waals surface area contributed by atoms with Gasteiger partial charge in [-0.25, -0.2) is 4.98 Å². The molecule has 0 radical (unpaired) electrons. The van der Waals surface area contributed by atoms with Crippen molar-refractivity contribution in [2.75, 3.05) is 4.90 Å². The van der Waals surface area contributed by atoms with E-state index in [0.29, 0.717) is 17.6 Å². The maximum absolute atomic E-state index is 5.34. The Balaban J connectivity index is 1.19. The number of anilines is 3. The SMILES string of the molecule is c1ccc(N(c2nc(-c3ccc4sc5ccccc5c4c3)nc(-c3ccc4sc5ccccc5c4c3)n2)c2cccc3sc4ccccc4c23)cc1. The minimum Gasteiger partial charge on any atom is -0.278 e. The maximum atomic E-state index is 5.34. The standard InChI is InChI=1S/C45H26N4S3/c1-2-11-29(12-3-1)49(35-16-10-20-41-42(35)32-15-6-9-19-38(32)52-41)45-47-43(27-21-23-39-33(25-27)30-13-4-7-17-36(30)50-39)46-44(48-45)28-22-24-40-34(26-28)31-14-5-8-18-37(31)51-40/h1-26H. The summed E-state index contributed by atoms with van der Waals surface area (Å²) < 4.78 is 7.51. The summed E-state index contributed by atoms with van der Waals surface area (Å²) in [6.07, 6.45) is 0. The Bertz CT molecular complexity index is 3030. The molecule has 11 aromatic rings. The molecule has 52 heavy (non-hydrogen) atoms. The molecule has 4 nitrogen and oxygen atoms in total. The van der Waals surface area contributed by atoms with Crippen molar-refractivity contribution in [3.63, 3.8) is 0 Å². The molecule has 11 rings (SSSR count). The van der Waals surface area contributed by atoms with Gasteiger partial charge in [-0.15, -0.1) is 34.0 Å². The first kappa shape index (κ1) is 29.7. The highest BCUT2D eigenvalue weighted by atomic mass is 32.1. The molecule has 0 amide bonds. The summed E-state index contributed by atoms with van der Waals surface area (Å²) in [5.41, 5.74) is 3.92. The van der Waals surface area contributed by atoms with Crippen LogP contribution in [0, 0.1) is 0 Å². The zero-order valence-corrected chi connectivity index (χ0v) is 30.0. The molecule has 7 heteroatoms. The number of hydrogen-bond acceptors (Lipinski definition) is 7. The number of benzene rings is 7. The molecule has 0 unspecified atom stereocenters. The van der Waals surface area contributed by atoms with Gasteiger partial charge in [0.1, 0.15) is 0 Å². The molecule has 0 aliphatic carbocycles. The minimum atomic E-state index is 0.569. The van der Waals surface area contributed by atoms with Gasteiger partial charge in [-0.1, -0.05) is 78.9 Å². The van der Waals surface area contributed by atoms with Gasteiger partial charge in [0.15, 0.2) is 11.6 Å². The molecule has 0 aliphatic rings. The molecule has 0 aliphatic heterocycles. The van der Waals surface area contributed by atoms with Crippen molar-refractivity contribution in [2.45, 2.75) is 0 Å². The van der Waals surface area contributed by atoms with Crippen LogP contribution in [0.2, 0.25) is 0 Å². The van der Waals surface area contributed by atoms with Crippen LogP contribution < -0.4 is 4.90 Å². The summed E-state index contributed by atoms with van der Waals surface area (Å²) >= 11 is 5.44. The third-order valence-electron chi connectivity index (χ3n) is 9.73. The second-order valence-corrected chi connectivity index (χ2v) is 16.1. The molecule has 244 valence electrons. The van der Waals surface area contributed by atoms with E-state index >= 15 is 0 Å². The van der Waals surface area contributed by atoms with Gasteiger partial charge < -0.3 is 0 Å². The summed E-state index contributed by atoms with van der Waals surface area (Å²) in [7, 11) is 0. The molecule has 0 atom stereocenters. The molecule has 0 saturated heterocycles. The molecule has 7 aromatic carbocycles. The van der Waals surface area contributed by atoms with Gasteiger partial charge in [-0.05, 0) is 78.9 Å². The minimum absolute atomic E-state index is 0.569. The van der Waals surface area contributed by atoms with Crippen molar-refractivity contribution in [1.29, 1.82) is 0 Å². The Morgan fingerprint density at radius 1 is 0.365 bits per heavy atom. The topological polar surface area (TPSA) is 41.9 Å². The lowest BCUT2D eigenvalue weighted by Gasteiger charge is -2.25. The highest BCUT2D eigenvalue weighted by Crippen LogP contribution is 2.45. The quantitative estimate of drug-likeness (QED) is 0.178. The lowest BCUT2D eigenvalue weighted by Crippen LogP contribution is -2.15. The lowest BCUT2D eigenvalue weighted by molar-refractivity contribution is 1.03. The molecule has 4 aromatic heterocycles. The van der Waals surface area contributed by atoms with Crippen LogP contribution >= 0.6 is 34.0 Å². The van der Waals surface area contributed by atoms with Crippen molar-refractivity contribution < 1.29 is 0 Å². The molecule has 0 saturated carbocycles. The Labute approximate surface area is 310 Å². The van der Waals surface area contributed by atoms with Gasteiger partial charge in [0, 0.05) is 77.3 Å². The number of aromatic nitrogens is 3. The fourth-order valence-electron chi connectivity index (χ4n) is 7.33. The predicted octanol–water partition coefficient (Wildman–Crippen LogP) is 13.8. The van der Waals surface area contributed by atoms with E-state index in [2.05, 4.69) is 157 Å². The zero-order valence-electron chi connectivity index (χ0n) is 27.5. The van der Waals surface area contributed by atoms with Crippen LogP contribution in [0.5, 0.6) is 0 Å². The van der Waals surface area contributed by atoms with E-state index < -0.39 is 0 Å². The molecule has 0 fully saturated rings. The van der Waals surface area contributed by atoms with Crippen molar-refractivity contribution >= 4 is 112 Å². The van der Waals surface area contributed by atoms with Crippen LogP contribution in [-0.4, -0.2) is 15.0 Å². The van der Waals surface area contributed by atoms with Crippen LogP contribution in [0.4, 0.5) is 17.3 Å². The molecule has 0 spiro atoms. The summed E-state index contributed by atoms with van der Waals surface area (Å²) in [5.74, 6) is 1.84. The fourth-order valence-corrected chi connectivity index (χ4v) is 10.6. The molecule has 0 bridgehead atoms. The number of hydrogen-bond donors (Lipinski definition) is 0. The monoisotopic (exact) mass is 718 g/mol. The van der Waals surface area contributed by atoms with Crippen LogP contribution in [-0.2, 0) is 0 Å². The van der Waals surface area contributed by atoms with E-state index in [4.69, 9.17) is 15.0 Å². The summed E-state index contributed by atoms with van der Waals surface area (Å²) in [6.45, 7) is 0. The first-order valence-electron chi connectivity index (χ1n) is 17.1. The van der Waals surface area contributed by atoms with Gasteiger partial charge >= 0.3 is 0 Å². The van der Waals surface area contributed by atoms with Gasteiger partial charge in [0.05, 0.1) is 5.69 Å². The average molecular weight is 719 g/mol. The van der Waals surface area contributed by atoms with E-state index in [1.54, 1.807) is 0 Å². The van der Waals surface area contributed by atoms with Crippen molar-refractivity contribution in [3.8, 4) is 22.8 Å². The first-order valence-corrected chi connectivity index (χ1v) is 19.5. The van der Waals surface area contributed by atoms with Crippen LogP contribution in [0.1, 0.15) is 0 Å². The summed E-state index contributed by atoms with van der Waals surface area (Å²) in [5, 5.41) is 7.32. The van der Waals surface area contributed by atoms with Gasteiger partial charge in [-0.3, -0.25) is 4.90 Å². The van der Waals surface area contributed by atoms with Crippen LogP contribution in [0.25, 0.3) is 83.3 Å². The number of nitrogens with zero attached hydrogens (tertiary/aromatic N) is 4. The summed E-state index contributed by atoms with van der Waals surface area (Å²) in [4.78, 5) is 18.1. The van der Waals surface area contributed by atoms with Crippen LogP contribution in [0.15, 0.2) is 158 Å². The van der Waals surface area contributed by atoms with E-state index in [1.807, 2.05) is 40.1 Å². The Hall–Kier alpha value is -5.99. The van der Waals surface area contributed by atoms with Gasteiger partial charge in [0.2, 0.25) is 5.95 Å². The molecule has 0 N–H and O–H groups in total. The van der Waals surface area contributed by atoms with E-state index in [9.17, 15) is 0 Å². The number of rotatable bonds is 5. The van der Waals surface area contributed by atoms with Gasteiger partial charge in [0.25, 0.3) is 0 Å². The van der Waals surface area contributed by atoms with E-state index in [-0.39, 0.29) is 0 Å². The van der Waals surface area contributed by atoms with E-state index in [0.717, 1.165) is 22.5 Å².